The number of rotatable bonds is 2. The van der Waals surface area contributed by atoms with Crippen LogP contribution >= 0.6 is 0 Å². The molecule has 4 heteroatoms. The summed E-state index contributed by atoms with van der Waals surface area (Å²) < 4.78 is 26.1. The SMILES string of the molecule is COC1OC2CCC3C2C2C4C5C6C7CCC8OC(OC)C(C34)(C5C87)C162. The Bertz CT molecular complexity index is 676. The van der Waals surface area contributed by atoms with Crippen LogP contribution in [0.25, 0.3) is 0 Å². The highest BCUT2D eigenvalue weighted by Gasteiger charge is 3.02. The van der Waals surface area contributed by atoms with Gasteiger partial charge in [0.1, 0.15) is 0 Å². The van der Waals surface area contributed by atoms with Crippen LogP contribution in [0.2, 0.25) is 0 Å². The van der Waals surface area contributed by atoms with E-state index < -0.39 is 0 Å². The number of methoxy groups -OCH3 is 2. The van der Waals surface area contributed by atoms with E-state index in [1.165, 1.54) is 25.7 Å². The molecule has 140 valence electrons. The molecule has 0 radical (unpaired) electrons. The Morgan fingerprint density at radius 2 is 1.08 bits per heavy atom. The first-order valence-electron chi connectivity index (χ1n) is 11.2. The van der Waals surface area contributed by atoms with E-state index in [2.05, 4.69) is 0 Å². The lowest BCUT2D eigenvalue weighted by Crippen LogP contribution is -2.73. The van der Waals surface area contributed by atoms with Gasteiger partial charge in [-0.2, -0.15) is 0 Å². The van der Waals surface area contributed by atoms with Gasteiger partial charge >= 0.3 is 0 Å². The largest absolute Gasteiger partial charge is 0.355 e. The maximum Gasteiger partial charge on any atom is 0.164 e. The van der Waals surface area contributed by atoms with Gasteiger partial charge in [0, 0.05) is 25.0 Å². The average Bonchev–Trinajstić information content (AvgIpc) is 3.44. The van der Waals surface area contributed by atoms with Crippen molar-refractivity contribution < 1.29 is 18.9 Å². The minimum Gasteiger partial charge on any atom is -0.355 e. The van der Waals surface area contributed by atoms with Crippen molar-refractivity contribution in [2.75, 3.05) is 14.2 Å². The van der Waals surface area contributed by atoms with Crippen LogP contribution in [-0.2, 0) is 18.9 Å². The van der Waals surface area contributed by atoms with Crippen molar-refractivity contribution in [3.8, 4) is 0 Å². The molecule has 16 unspecified atom stereocenters. The van der Waals surface area contributed by atoms with Crippen LogP contribution in [0, 0.1) is 70.0 Å². The molecule has 2 aliphatic heterocycles. The zero-order valence-corrected chi connectivity index (χ0v) is 15.5. The number of hydrogen-bond donors (Lipinski definition) is 0. The topological polar surface area (TPSA) is 36.9 Å². The summed E-state index contributed by atoms with van der Waals surface area (Å²) >= 11 is 0. The van der Waals surface area contributed by atoms with Crippen LogP contribution in [0.5, 0.6) is 0 Å². The fraction of sp³-hybridized carbons (Fsp3) is 1.00. The second-order valence-electron chi connectivity index (χ2n) is 11.2. The molecular weight excluding hydrogens is 328 g/mol. The van der Waals surface area contributed by atoms with Crippen molar-refractivity contribution >= 4 is 0 Å². The standard InChI is InChI=1S/C22H28O4/c1-23-19-21-15-7-4-6-10-12(7)18-13(15)14-16(22(18,21)20(24-2)26-10)8-3-5-9(25-19)11(8)17(14)21/h7-20H,3-6H2,1-2H3. The summed E-state index contributed by atoms with van der Waals surface area (Å²) in [5.41, 5.74) is 0.400. The zero-order valence-electron chi connectivity index (χ0n) is 15.5. The van der Waals surface area contributed by atoms with Gasteiger partial charge in [-0.3, -0.25) is 0 Å². The average molecular weight is 356 g/mol. The van der Waals surface area contributed by atoms with E-state index in [-0.39, 0.29) is 23.4 Å². The Morgan fingerprint density at radius 3 is 1.50 bits per heavy atom. The van der Waals surface area contributed by atoms with Crippen LogP contribution < -0.4 is 0 Å². The van der Waals surface area contributed by atoms with E-state index in [4.69, 9.17) is 18.9 Å². The molecular formula is C22H28O4. The molecule has 2 spiro atoms. The quantitative estimate of drug-likeness (QED) is 0.762. The normalized spacial score (nSPS) is 79.6. The summed E-state index contributed by atoms with van der Waals surface area (Å²) in [6.07, 6.45) is 6.18. The minimum atomic E-state index is -0.0142. The highest BCUT2D eigenvalue weighted by atomic mass is 16.7. The van der Waals surface area contributed by atoms with E-state index in [0.717, 1.165) is 59.2 Å². The van der Waals surface area contributed by atoms with Crippen molar-refractivity contribution in [2.45, 2.75) is 50.5 Å². The summed E-state index contributed by atoms with van der Waals surface area (Å²) in [6.45, 7) is 0. The molecule has 0 N–H and O–H groups in total. The first-order chi connectivity index (χ1) is 12.8. The van der Waals surface area contributed by atoms with Crippen LogP contribution in [0.15, 0.2) is 0 Å². The molecule has 10 fully saturated rings. The van der Waals surface area contributed by atoms with E-state index in [1.807, 2.05) is 14.2 Å². The first kappa shape index (κ1) is 13.9. The van der Waals surface area contributed by atoms with Crippen LogP contribution in [0.3, 0.4) is 0 Å². The van der Waals surface area contributed by atoms with Gasteiger partial charge in [0.15, 0.2) is 12.6 Å². The molecule has 10 aliphatic rings. The highest BCUT2D eigenvalue weighted by Crippen LogP contribution is 3.00. The molecule has 8 aliphatic carbocycles. The summed E-state index contributed by atoms with van der Waals surface area (Å²) in [4.78, 5) is 0. The summed E-state index contributed by atoms with van der Waals surface area (Å²) in [5, 5.41) is 0. The van der Waals surface area contributed by atoms with Crippen LogP contribution in [0.4, 0.5) is 0 Å². The van der Waals surface area contributed by atoms with Gasteiger partial charge < -0.3 is 18.9 Å². The third kappa shape index (κ3) is 0.881. The fourth-order valence-electron chi connectivity index (χ4n) is 13.0. The molecule has 4 nitrogen and oxygen atoms in total. The van der Waals surface area contributed by atoms with E-state index in [9.17, 15) is 0 Å². The molecule has 8 saturated carbocycles. The van der Waals surface area contributed by atoms with Gasteiger partial charge in [-0.05, 0) is 84.9 Å². The zero-order chi connectivity index (χ0) is 16.7. The Labute approximate surface area is 154 Å². The molecule has 10 rings (SSSR count). The lowest BCUT2D eigenvalue weighted by Gasteiger charge is -2.68. The fourth-order valence-corrected chi connectivity index (χ4v) is 13.0. The van der Waals surface area contributed by atoms with Crippen molar-refractivity contribution in [1.29, 1.82) is 0 Å². The van der Waals surface area contributed by atoms with Crippen molar-refractivity contribution in [3.63, 3.8) is 0 Å². The van der Waals surface area contributed by atoms with Crippen molar-refractivity contribution in [1.82, 2.24) is 0 Å². The third-order valence-electron chi connectivity index (χ3n) is 12.0. The molecule has 2 heterocycles. The van der Waals surface area contributed by atoms with Crippen LogP contribution in [-0.4, -0.2) is 39.0 Å². The van der Waals surface area contributed by atoms with Gasteiger partial charge in [-0.15, -0.1) is 0 Å². The maximum atomic E-state index is 6.81. The molecule has 16 atom stereocenters. The van der Waals surface area contributed by atoms with Gasteiger partial charge in [0.25, 0.3) is 0 Å². The maximum absolute atomic E-state index is 6.81. The molecule has 2 saturated heterocycles. The Morgan fingerprint density at radius 1 is 0.615 bits per heavy atom. The Balaban J connectivity index is 1.40. The predicted octanol–water partition coefficient (Wildman–Crippen LogP) is 2.52. The summed E-state index contributed by atoms with van der Waals surface area (Å²) in [5.74, 6) is 8.64. The Kier molecular flexibility index (Phi) is 1.98. The second kappa shape index (κ2) is 3.69. The number of ether oxygens (including phenoxy) is 4. The van der Waals surface area contributed by atoms with Crippen molar-refractivity contribution in [2.24, 2.45) is 70.0 Å². The summed E-state index contributed by atoms with van der Waals surface area (Å²) in [6, 6.07) is 0. The molecule has 0 amide bonds. The summed E-state index contributed by atoms with van der Waals surface area (Å²) in [7, 11) is 3.82. The monoisotopic (exact) mass is 356 g/mol. The smallest absolute Gasteiger partial charge is 0.164 e. The van der Waals surface area contributed by atoms with Crippen molar-refractivity contribution in [3.05, 3.63) is 0 Å². The highest BCUT2D eigenvalue weighted by molar-refractivity contribution is 5.45. The van der Waals surface area contributed by atoms with Gasteiger partial charge in [0.2, 0.25) is 0 Å². The van der Waals surface area contributed by atoms with Gasteiger partial charge in [-0.25, -0.2) is 0 Å². The minimum absolute atomic E-state index is 0.0142. The first-order valence-corrected chi connectivity index (χ1v) is 11.2. The van der Waals surface area contributed by atoms with Crippen LogP contribution in [0.1, 0.15) is 25.7 Å². The second-order valence-corrected chi connectivity index (χ2v) is 11.2. The molecule has 26 heavy (non-hydrogen) atoms. The molecule has 0 aromatic heterocycles. The molecule has 8 bridgehead atoms. The van der Waals surface area contributed by atoms with E-state index in [1.54, 1.807) is 0 Å². The Hall–Kier alpha value is -0.160. The molecule has 0 aromatic rings. The van der Waals surface area contributed by atoms with Gasteiger partial charge in [0.05, 0.1) is 12.2 Å². The lowest BCUT2D eigenvalue weighted by atomic mass is 9.41. The third-order valence-corrected chi connectivity index (χ3v) is 12.0. The molecule has 0 aromatic carbocycles. The van der Waals surface area contributed by atoms with E-state index >= 15 is 0 Å². The van der Waals surface area contributed by atoms with Gasteiger partial charge in [-0.1, -0.05) is 0 Å². The predicted molar refractivity (Wildman–Crippen MR) is 89.6 cm³/mol. The van der Waals surface area contributed by atoms with E-state index in [0.29, 0.717) is 12.2 Å². The lowest BCUT2D eigenvalue weighted by molar-refractivity contribution is -0.399. The number of hydrogen-bond acceptors (Lipinski definition) is 4.